The second-order valence-corrected chi connectivity index (χ2v) is 29.2. The van der Waals surface area contributed by atoms with Gasteiger partial charge in [0.25, 0.3) is 17.4 Å². The Bertz CT molecular complexity index is 1440. The second kappa shape index (κ2) is 17.7. The van der Waals surface area contributed by atoms with Crippen LogP contribution >= 0.6 is 11.6 Å². The van der Waals surface area contributed by atoms with Crippen LogP contribution in [0.5, 0.6) is 5.75 Å². The Balaban J connectivity index is 1.81. The molecule has 2 aliphatic heterocycles. The first-order valence-electron chi connectivity index (χ1n) is 17.9. The van der Waals surface area contributed by atoms with Crippen LogP contribution in [0, 0.1) is 5.92 Å². The van der Waals surface area contributed by atoms with Crippen molar-refractivity contribution in [3.8, 4) is 5.75 Å². The summed E-state index contributed by atoms with van der Waals surface area (Å²) >= 11 is 6.89. The van der Waals surface area contributed by atoms with Gasteiger partial charge in [-0.15, -0.1) is 0 Å². The molecule has 2 aromatic carbocycles. The van der Waals surface area contributed by atoms with Crippen LogP contribution in [0.1, 0.15) is 49.5 Å². The summed E-state index contributed by atoms with van der Waals surface area (Å²) in [6, 6.07) is 15.1. The molecule has 0 saturated carbocycles. The summed E-state index contributed by atoms with van der Waals surface area (Å²) in [5, 5.41) is 13.5. The maximum atomic E-state index is 13.3. The van der Waals surface area contributed by atoms with Crippen LogP contribution in [0.2, 0.25) is 68.5 Å². The lowest BCUT2D eigenvalue weighted by Gasteiger charge is -2.54. The summed E-state index contributed by atoms with van der Waals surface area (Å²) in [6.45, 7) is 17.7. The smallest absolute Gasteiger partial charge is 0.276 e. The highest BCUT2D eigenvalue weighted by molar-refractivity contribution is 6.70. The zero-order chi connectivity index (χ0) is 36.9. The molecule has 0 radical (unpaired) electrons. The van der Waals surface area contributed by atoms with Gasteiger partial charge in [-0.25, -0.2) is 0 Å². The van der Waals surface area contributed by atoms with Crippen molar-refractivity contribution >= 4 is 45.6 Å². The number of methoxy groups -OCH3 is 1. The Morgan fingerprint density at radius 1 is 0.980 bits per heavy atom. The van der Waals surface area contributed by atoms with Crippen molar-refractivity contribution in [2.75, 3.05) is 20.3 Å². The van der Waals surface area contributed by atoms with Gasteiger partial charge in [0.05, 0.1) is 25.4 Å². The van der Waals surface area contributed by atoms with Crippen LogP contribution in [-0.2, 0) is 37.8 Å². The maximum absolute atomic E-state index is 13.3. The molecule has 0 aromatic heterocycles. The van der Waals surface area contributed by atoms with Gasteiger partial charge >= 0.3 is 0 Å². The standard InChI is InChI=1S/C36H57ClO9Si4/c1-10-47(39)21-19-32-30(24-48(40)11-2)34(45-49(4,5)6)35(46-50(7,8)9)36(38,44-32)26-14-17-31(37)29(22-26)33(41-3)25-12-15-27(16-13-25)43-28-18-20-42-23-28/h12-17,22,28,30,32-35,38H,10-11,18-21,23-24H2,1-9H3/t28?,30-,32-,33?,34+,35-,36+/m1/s1. The highest BCUT2D eigenvalue weighted by atomic mass is 35.5. The molecule has 7 atom stereocenters. The first-order valence-corrected chi connectivity index (χ1v) is 28.8. The third-order valence-electron chi connectivity index (χ3n) is 9.15. The van der Waals surface area contributed by atoms with Crippen LogP contribution in [0.25, 0.3) is 0 Å². The van der Waals surface area contributed by atoms with Gasteiger partial charge in [0.15, 0.2) is 16.6 Å². The van der Waals surface area contributed by atoms with Crippen molar-refractivity contribution in [2.24, 2.45) is 5.92 Å². The average molecular weight is 782 g/mol. The number of hydrogen-bond donors (Lipinski definition) is 1. The molecule has 0 aliphatic carbocycles. The molecule has 4 rings (SSSR count). The molecule has 0 amide bonds. The van der Waals surface area contributed by atoms with E-state index in [9.17, 15) is 14.0 Å². The third kappa shape index (κ3) is 10.9. The van der Waals surface area contributed by atoms with Crippen molar-refractivity contribution in [2.45, 2.75) is 126 Å². The van der Waals surface area contributed by atoms with Gasteiger partial charge in [-0.3, -0.25) is 0 Å². The Labute approximate surface area is 308 Å². The van der Waals surface area contributed by atoms with Crippen molar-refractivity contribution in [1.29, 1.82) is 0 Å². The van der Waals surface area contributed by atoms with E-state index in [1.54, 1.807) is 19.2 Å². The fourth-order valence-corrected chi connectivity index (χ4v) is 11.4. The Kier molecular flexibility index (Phi) is 14.7. The lowest BCUT2D eigenvalue weighted by molar-refractivity contribution is -0.339. The van der Waals surface area contributed by atoms with Gasteiger partial charge in [0.2, 0.25) is 5.79 Å². The number of benzene rings is 2. The summed E-state index contributed by atoms with van der Waals surface area (Å²) in [4.78, 5) is 0. The van der Waals surface area contributed by atoms with Crippen LogP contribution < -0.4 is 4.74 Å². The monoisotopic (exact) mass is 780 g/mol. The van der Waals surface area contributed by atoms with Crippen LogP contribution in [0.3, 0.4) is 0 Å². The lowest BCUT2D eigenvalue weighted by Crippen LogP contribution is -2.65. The third-order valence-corrected chi connectivity index (χ3v) is 14.8. The average Bonchev–Trinajstić information content (AvgIpc) is 3.56. The first kappa shape index (κ1) is 41.5. The van der Waals surface area contributed by atoms with Crippen molar-refractivity contribution in [3.05, 3.63) is 64.2 Å². The predicted molar refractivity (Wildman–Crippen MR) is 203 cm³/mol. The van der Waals surface area contributed by atoms with Gasteiger partial charge in [-0.05, 0) is 99.7 Å². The minimum Gasteiger partial charge on any atom is -0.488 e. The fraction of sp³-hybridized carbons (Fsp3) is 0.667. The maximum Gasteiger partial charge on any atom is 0.276 e. The van der Waals surface area contributed by atoms with Crippen molar-refractivity contribution < 1.29 is 41.8 Å². The molecule has 2 fully saturated rings. The molecule has 2 aliphatic rings. The normalized spacial score (nSPS) is 26.5. The second-order valence-electron chi connectivity index (χ2n) is 15.4. The van der Waals surface area contributed by atoms with Crippen LogP contribution in [0.4, 0.5) is 0 Å². The number of ether oxygens (including phenoxy) is 4. The zero-order valence-electron chi connectivity index (χ0n) is 31.3. The van der Waals surface area contributed by atoms with E-state index in [1.807, 2.05) is 44.2 Å². The molecule has 1 N–H and O–H groups in total. The minimum absolute atomic E-state index is 0.0383. The van der Waals surface area contributed by atoms with Gasteiger partial charge in [-0.1, -0.05) is 43.6 Å². The number of rotatable bonds is 17. The van der Waals surface area contributed by atoms with Crippen molar-refractivity contribution in [3.63, 3.8) is 0 Å². The summed E-state index contributed by atoms with van der Waals surface area (Å²) in [5.74, 6) is -1.51. The lowest BCUT2D eigenvalue weighted by atomic mass is 9.82. The molecule has 9 nitrogen and oxygen atoms in total. The van der Waals surface area contributed by atoms with Crippen molar-refractivity contribution in [1.82, 2.24) is 0 Å². The van der Waals surface area contributed by atoms with Gasteiger partial charge < -0.3 is 41.8 Å². The largest absolute Gasteiger partial charge is 0.488 e. The van der Waals surface area contributed by atoms with E-state index >= 15 is 0 Å². The highest BCUT2D eigenvalue weighted by Gasteiger charge is 2.58. The molecule has 2 aromatic rings. The molecular weight excluding hydrogens is 724 g/mol. The summed E-state index contributed by atoms with van der Waals surface area (Å²) in [5.41, 5.74) is 1.98. The van der Waals surface area contributed by atoms with Gasteiger partial charge in [0.1, 0.15) is 24.1 Å². The Morgan fingerprint density at radius 2 is 1.64 bits per heavy atom. The molecular formula is C36H57ClO9Si4. The summed E-state index contributed by atoms with van der Waals surface area (Å²) in [7, 11) is -6.76. The van der Waals surface area contributed by atoms with Crippen LogP contribution in [-0.4, -0.2) is 83.8 Å². The van der Waals surface area contributed by atoms with E-state index in [1.165, 1.54) is 0 Å². The predicted octanol–water partition coefficient (Wildman–Crippen LogP) is 8.12. The minimum atomic E-state index is -2.34. The topological polar surface area (TPSA) is 110 Å². The number of halogens is 1. The first-order chi connectivity index (χ1) is 23.5. The SMILES string of the molecule is CC[Si](=O)CC[C@H]1O[C@@](O)(c2ccc(Cl)c(C(OC)c3ccc(OC4CCOC4)cc3)c2)[C@H](O[Si](C)(C)C)[C@@H](O[Si](C)(C)C)[C@@H]1C[Si](=O)CC. The molecule has 278 valence electrons. The molecule has 50 heavy (non-hydrogen) atoms. The highest BCUT2D eigenvalue weighted by Crippen LogP contribution is 2.47. The summed E-state index contributed by atoms with van der Waals surface area (Å²) in [6.07, 6.45) is -1.28. The van der Waals surface area contributed by atoms with E-state index in [4.69, 9.17) is 39.4 Å². The van der Waals surface area contributed by atoms with E-state index in [-0.39, 0.29) is 12.0 Å². The molecule has 2 saturated heterocycles. The molecule has 2 unspecified atom stereocenters. The molecule has 14 heteroatoms. The zero-order valence-corrected chi connectivity index (χ0v) is 36.0. The molecule has 2 heterocycles. The number of hydrogen-bond acceptors (Lipinski definition) is 9. The van der Waals surface area contributed by atoms with E-state index in [0.29, 0.717) is 60.0 Å². The van der Waals surface area contributed by atoms with E-state index < -0.39 is 64.2 Å². The van der Waals surface area contributed by atoms with Crippen LogP contribution in [0.15, 0.2) is 42.5 Å². The molecule has 0 spiro atoms. The van der Waals surface area contributed by atoms with Gasteiger partial charge in [0, 0.05) is 35.6 Å². The fourth-order valence-electron chi connectivity index (χ4n) is 6.70. The van der Waals surface area contributed by atoms with Gasteiger partial charge in [-0.2, -0.15) is 0 Å². The molecule has 0 bridgehead atoms. The summed E-state index contributed by atoms with van der Waals surface area (Å²) < 4.78 is 64.3. The Hall–Kier alpha value is -1.24. The van der Waals surface area contributed by atoms with E-state index in [2.05, 4.69) is 39.3 Å². The number of aliphatic hydroxyl groups is 1. The Morgan fingerprint density at radius 3 is 2.20 bits per heavy atom. The van der Waals surface area contributed by atoms with E-state index in [0.717, 1.165) is 17.7 Å². The quantitative estimate of drug-likeness (QED) is 0.159.